The minimum Gasteiger partial charge on any atom is -0.494 e. The first-order valence-corrected chi connectivity index (χ1v) is 4.70. The lowest BCUT2D eigenvalue weighted by Crippen LogP contribution is -1.95. The van der Waals surface area contributed by atoms with E-state index in [0.717, 1.165) is 6.42 Å². The molecule has 1 N–H and O–H groups in total. The van der Waals surface area contributed by atoms with E-state index >= 15 is 0 Å². The largest absolute Gasteiger partial charge is 0.494 e. The Morgan fingerprint density at radius 3 is 3.00 bits per heavy atom. The van der Waals surface area contributed by atoms with Crippen molar-refractivity contribution < 1.29 is 14.6 Å². The molecule has 0 amide bonds. The Bertz CT molecular complexity index is 399. The average molecular weight is 204 g/mol. The van der Waals surface area contributed by atoms with Crippen molar-refractivity contribution in [3.63, 3.8) is 0 Å². The predicted molar refractivity (Wildman–Crippen MR) is 56.7 cm³/mol. The zero-order valence-corrected chi connectivity index (χ0v) is 8.49. The summed E-state index contributed by atoms with van der Waals surface area (Å²) >= 11 is 0. The van der Waals surface area contributed by atoms with Crippen LogP contribution in [0.15, 0.2) is 24.3 Å². The molecule has 1 aromatic rings. The maximum atomic E-state index is 10.2. The normalized spacial score (nSPS) is 8.87. The van der Waals surface area contributed by atoms with Crippen LogP contribution in [0.4, 0.5) is 0 Å². The van der Waals surface area contributed by atoms with Crippen LogP contribution >= 0.6 is 0 Å². The Morgan fingerprint density at radius 1 is 1.53 bits per heavy atom. The molecule has 0 heterocycles. The molecule has 0 unspecified atom stereocenters. The van der Waals surface area contributed by atoms with E-state index in [2.05, 4.69) is 11.8 Å². The summed E-state index contributed by atoms with van der Waals surface area (Å²) in [5.74, 6) is 4.17. The Morgan fingerprint density at radius 2 is 2.33 bits per heavy atom. The minimum absolute atomic E-state index is 0.644. The van der Waals surface area contributed by atoms with Gasteiger partial charge in [-0.05, 0) is 24.6 Å². The molecule has 78 valence electrons. The fraction of sp³-hybridized carbons (Fsp3) is 0.250. The Hall–Kier alpha value is -1.95. The van der Waals surface area contributed by atoms with Gasteiger partial charge in [-0.2, -0.15) is 0 Å². The summed E-state index contributed by atoms with van der Waals surface area (Å²) in [5, 5.41) is 8.38. The summed E-state index contributed by atoms with van der Waals surface area (Å²) in [6, 6.07) is 7.08. The van der Waals surface area contributed by atoms with E-state index in [0.29, 0.717) is 17.9 Å². The summed E-state index contributed by atoms with van der Waals surface area (Å²) in [4.78, 5) is 10.2. The molecule has 0 radical (unpaired) electrons. The van der Waals surface area contributed by atoms with E-state index in [9.17, 15) is 4.79 Å². The molecule has 0 aliphatic carbocycles. The highest BCUT2D eigenvalue weighted by Crippen LogP contribution is 2.12. The second-order valence-electron chi connectivity index (χ2n) is 2.93. The number of ether oxygens (including phenoxy) is 1. The van der Waals surface area contributed by atoms with E-state index in [1.54, 1.807) is 18.2 Å². The highest BCUT2D eigenvalue weighted by Gasteiger charge is 1.94. The van der Waals surface area contributed by atoms with Crippen molar-refractivity contribution in [3.05, 3.63) is 29.8 Å². The van der Waals surface area contributed by atoms with Crippen LogP contribution in [0.25, 0.3) is 0 Å². The summed E-state index contributed by atoms with van der Waals surface area (Å²) in [6.07, 6.45) is 0.936. The van der Waals surface area contributed by atoms with Gasteiger partial charge < -0.3 is 9.84 Å². The van der Waals surface area contributed by atoms with Gasteiger partial charge in [-0.1, -0.05) is 18.9 Å². The summed E-state index contributed by atoms with van der Waals surface area (Å²) in [6.45, 7) is 2.67. The number of carboxylic acids is 1. The fourth-order valence-electron chi connectivity index (χ4n) is 1.01. The molecule has 0 saturated carbocycles. The highest BCUT2D eigenvalue weighted by molar-refractivity contribution is 5.87. The van der Waals surface area contributed by atoms with Crippen LogP contribution in [-0.4, -0.2) is 17.7 Å². The first kappa shape index (κ1) is 11.1. The maximum absolute atomic E-state index is 10.2. The van der Waals surface area contributed by atoms with Crippen LogP contribution in [0, 0.1) is 11.8 Å². The van der Waals surface area contributed by atoms with Crippen LogP contribution in [0.1, 0.15) is 18.9 Å². The minimum atomic E-state index is -1.13. The molecule has 0 aliphatic heterocycles. The Balaban J connectivity index is 2.75. The van der Waals surface area contributed by atoms with Crippen LogP contribution in [-0.2, 0) is 4.79 Å². The SMILES string of the molecule is CCCOc1cccc(C#CC(=O)O)c1. The first-order chi connectivity index (χ1) is 7.22. The zero-order chi connectivity index (χ0) is 11.1. The van der Waals surface area contributed by atoms with Crippen LogP contribution in [0.5, 0.6) is 5.75 Å². The lowest BCUT2D eigenvalue weighted by Gasteiger charge is -2.03. The van der Waals surface area contributed by atoms with Gasteiger partial charge >= 0.3 is 5.97 Å². The maximum Gasteiger partial charge on any atom is 0.382 e. The molecular formula is C12H12O3. The smallest absolute Gasteiger partial charge is 0.382 e. The van der Waals surface area contributed by atoms with Gasteiger partial charge in [0, 0.05) is 11.5 Å². The van der Waals surface area contributed by atoms with Crippen molar-refractivity contribution in [2.75, 3.05) is 6.61 Å². The molecular weight excluding hydrogens is 192 g/mol. The number of carbonyl (C=O) groups is 1. The Labute approximate surface area is 88.7 Å². The summed E-state index contributed by atoms with van der Waals surface area (Å²) < 4.78 is 5.39. The lowest BCUT2D eigenvalue weighted by molar-refractivity contribution is -0.130. The van der Waals surface area contributed by atoms with Gasteiger partial charge in [0.1, 0.15) is 5.75 Å². The van der Waals surface area contributed by atoms with E-state index < -0.39 is 5.97 Å². The molecule has 1 aromatic carbocycles. The number of rotatable bonds is 3. The van der Waals surface area contributed by atoms with Crippen LogP contribution in [0.2, 0.25) is 0 Å². The molecule has 15 heavy (non-hydrogen) atoms. The van der Waals surface area contributed by atoms with E-state index in [-0.39, 0.29) is 0 Å². The average Bonchev–Trinajstić information content (AvgIpc) is 2.24. The summed E-state index contributed by atoms with van der Waals surface area (Å²) in [7, 11) is 0. The third-order valence-electron chi connectivity index (χ3n) is 1.62. The highest BCUT2D eigenvalue weighted by atomic mass is 16.5. The van der Waals surface area contributed by atoms with Crippen molar-refractivity contribution in [1.82, 2.24) is 0 Å². The van der Waals surface area contributed by atoms with Gasteiger partial charge in [0.05, 0.1) is 6.61 Å². The van der Waals surface area contributed by atoms with Crippen molar-refractivity contribution in [2.45, 2.75) is 13.3 Å². The molecule has 0 aliphatic rings. The molecule has 0 bridgehead atoms. The van der Waals surface area contributed by atoms with Gasteiger partial charge in [0.2, 0.25) is 0 Å². The molecule has 0 saturated heterocycles. The summed E-state index contributed by atoms with van der Waals surface area (Å²) in [5.41, 5.74) is 0.644. The molecule has 1 rings (SSSR count). The standard InChI is InChI=1S/C12H12O3/c1-2-8-15-11-5-3-4-10(9-11)6-7-12(13)14/h3-5,9H,2,8H2,1H3,(H,13,14). The monoisotopic (exact) mass is 204 g/mol. The quantitative estimate of drug-likeness (QED) is 0.765. The lowest BCUT2D eigenvalue weighted by atomic mass is 10.2. The van der Waals surface area contributed by atoms with E-state index in [1.807, 2.05) is 13.0 Å². The Kier molecular flexibility index (Phi) is 4.24. The topological polar surface area (TPSA) is 46.5 Å². The molecule has 0 atom stereocenters. The van der Waals surface area contributed by atoms with Crippen LogP contribution in [0.3, 0.4) is 0 Å². The second kappa shape index (κ2) is 5.71. The first-order valence-electron chi connectivity index (χ1n) is 4.70. The van der Waals surface area contributed by atoms with Gasteiger partial charge in [-0.15, -0.1) is 0 Å². The van der Waals surface area contributed by atoms with Crippen LogP contribution < -0.4 is 4.74 Å². The van der Waals surface area contributed by atoms with E-state index in [4.69, 9.17) is 9.84 Å². The number of hydrogen-bond acceptors (Lipinski definition) is 2. The number of hydrogen-bond donors (Lipinski definition) is 1. The number of aliphatic carboxylic acids is 1. The molecule has 3 nitrogen and oxygen atoms in total. The second-order valence-corrected chi connectivity index (χ2v) is 2.93. The van der Waals surface area contributed by atoms with Crippen molar-refractivity contribution in [2.24, 2.45) is 0 Å². The van der Waals surface area contributed by atoms with Crippen molar-refractivity contribution in [1.29, 1.82) is 0 Å². The van der Waals surface area contributed by atoms with Gasteiger partial charge in [-0.3, -0.25) is 0 Å². The van der Waals surface area contributed by atoms with E-state index in [1.165, 1.54) is 0 Å². The zero-order valence-electron chi connectivity index (χ0n) is 8.49. The third kappa shape index (κ3) is 4.19. The number of benzene rings is 1. The van der Waals surface area contributed by atoms with Gasteiger partial charge in [-0.25, -0.2) is 4.79 Å². The molecule has 0 aromatic heterocycles. The third-order valence-corrected chi connectivity index (χ3v) is 1.62. The molecule has 0 spiro atoms. The van der Waals surface area contributed by atoms with Gasteiger partial charge in [0.25, 0.3) is 0 Å². The predicted octanol–water partition coefficient (Wildman–Crippen LogP) is 1.91. The molecule has 3 heteroatoms. The van der Waals surface area contributed by atoms with Crippen molar-refractivity contribution >= 4 is 5.97 Å². The van der Waals surface area contributed by atoms with Crippen molar-refractivity contribution in [3.8, 4) is 17.6 Å². The molecule has 0 fully saturated rings. The van der Waals surface area contributed by atoms with Gasteiger partial charge in [0.15, 0.2) is 0 Å². The number of carboxylic acid groups (broad SMARTS) is 1. The fourth-order valence-corrected chi connectivity index (χ4v) is 1.01.